The predicted molar refractivity (Wildman–Crippen MR) is 97.4 cm³/mol. The standard InChI is InChI=1S/C18H22N4O2S/c1-13-5-7-14(8-6-13)22-17(21-10-3-2-4-11-21)19-20-18(22)25-15-9-12-24-16(15)23/h5-8,15H,2-4,9-12H2,1H3/t15-/m0/s1. The predicted octanol–water partition coefficient (Wildman–Crippen LogP) is 2.97. The first-order chi connectivity index (χ1) is 12.2. The largest absolute Gasteiger partial charge is 0.465 e. The van der Waals surface area contributed by atoms with E-state index >= 15 is 0 Å². The molecule has 2 aliphatic rings. The molecule has 4 rings (SSSR count). The summed E-state index contributed by atoms with van der Waals surface area (Å²) in [6.07, 6.45) is 4.35. The average Bonchev–Trinajstić information content (AvgIpc) is 3.24. The van der Waals surface area contributed by atoms with Crippen LogP contribution in [0.25, 0.3) is 5.69 Å². The van der Waals surface area contributed by atoms with E-state index in [2.05, 4.69) is 50.9 Å². The topological polar surface area (TPSA) is 60.3 Å². The van der Waals surface area contributed by atoms with Gasteiger partial charge in [0.1, 0.15) is 5.25 Å². The highest BCUT2D eigenvalue weighted by Gasteiger charge is 2.31. The van der Waals surface area contributed by atoms with Gasteiger partial charge in [-0.2, -0.15) is 0 Å². The van der Waals surface area contributed by atoms with Crippen LogP contribution < -0.4 is 4.90 Å². The van der Waals surface area contributed by atoms with Gasteiger partial charge in [0.25, 0.3) is 0 Å². The molecule has 2 saturated heterocycles. The highest BCUT2D eigenvalue weighted by molar-refractivity contribution is 8.00. The van der Waals surface area contributed by atoms with Crippen LogP contribution in [0.1, 0.15) is 31.2 Å². The smallest absolute Gasteiger partial charge is 0.319 e. The summed E-state index contributed by atoms with van der Waals surface area (Å²) in [6.45, 7) is 4.57. The van der Waals surface area contributed by atoms with Crippen molar-refractivity contribution >= 4 is 23.7 Å². The number of nitrogens with zero attached hydrogens (tertiary/aromatic N) is 4. The van der Waals surface area contributed by atoms with Crippen molar-refractivity contribution in [2.24, 2.45) is 0 Å². The van der Waals surface area contributed by atoms with Crippen LogP contribution in [0.4, 0.5) is 5.95 Å². The van der Waals surface area contributed by atoms with Crippen molar-refractivity contribution in [3.8, 4) is 5.69 Å². The Kier molecular flexibility index (Phi) is 4.65. The van der Waals surface area contributed by atoms with Crippen molar-refractivity contribution in [1.29, 1.82) is 0 Å². The van der Waals surface area contributed by atoms with E-state index in [1.807, 2.05) is 0 Å². The zero-order valence-electron chi connectivity index (χ0n) is 14.4. The van der Waals surface area contributed by atoms with E-state index in [1.165, 1.54) is 36.6 Å². The van der Waals surface area contributed by atoms with E-state index in [0.717, 1.165) is 36.3 Å². The summed E-state index contributed by atoms with van der Waals surface area (Å²) in [7, 11) is 0. The van der Waals surface area contributed by atoms with Gasteiger partial charge in [-0.15, -0.1) is 10.2 Å². The molecule has 25 heavy (non-hydrogen) atoms. The maximum Gasteiger partial charge on any atom is 0.319 e. The Hall–Kier alpha value is -2.02. The first kappa shape index (κ1) is 16.4. The Labute approximate surface area is 151 Å². The molecule has 0 N–H and O–H groups in total. The number of piperidine rings is 1. The summed E-state index contributed by atoms with van der Waals surface area (Å²) in [5.74, 6) is 0.723. The molecule has 0 bridgehead atoms. The molecule has 7 heteroatoms. The van der Waals surface area contributed by atoms with Gasteiger partial charge >= 0.3 is 5.97 Å². The average molecular weight is 358 g/mol. The van der Waals surface area contributed by atoms with Gasteiger partial charge in [-0.05, 0) is 38.3 Å². The van der Waals surface area contributed by atoms with E-state index < -0.39 is 0 Å². The number of benzene rings is 1. The Balaban J connectivity index is 1.71. The molecule has 0 aliphatic carbocycles. The second-order valence-corrected chi connectivity index (χ2v) is 7.73. The third-order valence-corrected chi connectivity index (χ3v) is 5.87. The Morgan fingerprint density at radius 1 is 1.12 bits per heavy atom. The molecule has 1 aromatic carbocycles. The summed E-state index contributed by atoms with van der Waals surface area (Å²) in [5.41, 5.74) is 2.25. The molecule has 0 unspecified atom stereocenters. The molecule has 0 radical (unpaired) electrons. The maximum absolute atomic E-state index is 11.9. The molecule has 1 atom stereocenters. The first-order valence-corrected chi connectivity index (χ1v) is 9.71. The number of rotatable bonds is 4. The van der Waals surface area contributed by atoms with E-state index in [1.54, 1.807) is 0 Å². The molecule has 132 valence electrons. The molecular formula is C18H22N4O2S. The van der Waals surface area contributed by atoms with Crippen molar-refractivity contribution in [3.05, 3.63) is 29.8 Å². The van der Waals surface area contributed by atoms with Crippen LogP contribution in [0.15, 0.2) is 29.4 Å². The lowest BCUT2D eigenvalue weighted by Crippen LogP contribution is -2.31. The number of hydrogen-bond acceptors (Lipinski definition) is 6. The number of carbonyl (C=O) groups excluding carboxylic acids is 1. The summed E-state index contributed by atoms with van der Waals surface area (Å²) >= 11 is 1.46. The van der Waals surface area contributed by atoms with Crippen LogP contribution in [0.5, 0.6) is 0 Å². The maximum atomic E-state index is 11.9. The minimum absolute atomic E-state index is 0.150. The number of aryl methyl sites for hydroxylation is 1. The minimum atomic E-state index is -0.192. The molecule has 1 aromatic heterocycles. The van der Waals surface area contributed by atoms with E-state index in [4.69, 9.17) is 4.74 Å². The summed E-state index contributed by atoms with van der Waals surface area (Å²) in [4.78, 5) is 14.2. The van der Waals surface area contributed by atoms with Gasteiger partial charge in [-0.1, -0.05) is 29.5 Å². The van der Waals surface area contributed by atoms with Gasteiger partial charge in [0.15, 0.2) is 5.16 Å². The van der Waals surface area contributed by atoms with Crippen LogP contribution in [-0.4, -0.2) is 45.7 Å². The number of esters is 1. The Bertz CT molecular complexity index is 753. The second-order valence-electron chi connectivity index (χ2n) is 6.56. The van der Waals surface area contributed by atoms with Gasteiger partial charge in [-0.25, -0.2) is 0 Å². The van der Waals surface area contributed by atoms with Gasteiger partial charge in [0.05, 0.1) is 12.3 Å². The quantitative estimate of drug-likeness (QED) is 0.783. The number of thioether (sulfide) groups is 1. The highest BCUT2D eigenvalue weighted by atomic mass is 32.2. The first-order valence-electron chi connectivity index (χ1n) is 8.83. The van der Waals surface area contributed by atoms with Crippen LogP contribution in [-0.2, 0) is 9.53 Å². The second kappa shape index (κ2) is 7.07. The van der Waals surface area contributed by atoms with Gasteiger partial charge in [0, 0.05) is 19.5 Å². The van der Waals surface area contributed by atoms with Crippen molar-refractivity contribution in [3.63, 3.8) is 0 Å². The van der Waals surface area contributed by atoms with Crippen molar-refractivity contribution in [2.75, 3.05) is 24.6 Å². The number of carbonyl (C=O) groups is 1. The van der Waals surface area contributed by atoms with E-state index in [0.29, 0.717) is 6.61 Å². The Morgan fingerprint density at radius 2 is 1.88 bits per heavy atom. The van der Waals surface area contributed by atoms with Crippen LogP contribution in [0.3, 0.4) is 0 Å². The third-order valence-electron chi connectivity index (χ3n) is 4.68. The van der Waals surface area contributed by atoms with Gasteiger partial charge in [0.2, 0.25) is 5.95 Å². The third kappa shape index (κ3) is 3.38. The Morgan fingerprint density at radius 3 is 2.56 bits per heavy atom. The van der Waals surface area contributed by atoms with Crippen molar-refractivity contribution in [1.82, 2.24) is 14.8 Å². The molecule has 0 spiro atoms. The van der Waals surface area contributed by atoms with Crippen molar-refractivity contribution < 1.29 is 9.53 Å². The number of aromatic nitrogens is 3. The monoisotopic (exact) mass is 358 g/mol. The highest BCUT2D eigenvalue weighted by Crippen LogP contribution is 2.33. The molecule has 3 heterocycles. The number of anilines is 1. The normalized spacial score (nSPS) is 20.8. The summed E-state index contributed by atoms with van der Waals surface area (Å²) < 4.78 is 7.18. The lowest BCUT2D eigenvalue weighted by Gasteiger charge is -2.28. The zero-order chi connectivity index (χ0) is 17.2. The fourth-order valence-corrected chi connectivity index (χ4v) is 4.28. The molecule has 0 amide bonds. The number of hydrogen-bond donors (Lipinski definition) is 0. The van der Waals surface area contributed by atoms with Crippen molar-refractivity contribution in [2.45, 2.75) is 43.0 Å². The molecule has 6 nitrogen and oxygen atoms in total. The summed E-state index contributed by atoms with van der Waals surface area (Å²) in [5, 5.41) is 9.45. The van der Waals surface area contributed by atoms with E-state index in [9.17, 15) is 4.79 Å². The molecule has 2 aliphatic heterocycles. The van der Waals surface area contributed by atoms with E-state index in [-0.39, 0.29) is 11.2 Å². The number of ether oxygens (including phenoxy) is 1. The lowest BCUT2D eigenvalue weighted by atomic mass is 10.1. The molecule has 2 fully saturated rings. The lowest BCUT2D eigenvalue weighted by molar-refractivity contribution is -0.137. The van der Waals surface area contributed by atoms with Crippen LogP contribution in [0.2, 0.25) is 0 Å². The fraction of sp³-hybridized carbons (Fsp3) is 0.500. The number of cyclic esters (lactones) is 1. The van der Waals surface area contributed by atoms with Gasteiger partial charge < -0.3 is 9.64 Å². The van der Waals surface area contributed by atoms with Crippen LogP contribution >= 0.6 is 11.8 Å². The molecule has 0 saturated carbocycles. The van der Waals surface area contributed by atoms with Gasteiger partial charge in [-0.3, -0.25) is 9.36 Å². The summed E-state index contributed by atoms with van der Waals surface area (Å²) in [6, 6.07) is 8.35. The SMILES string of the molecule is Cc1ccc(-n2c(S[C@H]3CCOC3=O)nnc2N2CCCCC2)cc1. The fourth-order valence-electron chi connectivity index (χ4n) is 3.27. The molecule has 2 aromatic rings. The minimum Gasteiger partial charge on any atom is -0.465 e. The zero-order valence-corrected chi connectivity index (χ0v) is 15.2. The molecular weight excluding hydrogens is 336 g/mol. The van der Waals surface area contributed by atoms with Crippen LogP contribution in [0, 0.1) is 6.92 Å².